The zero-order valence-corrected chi connectivity index (χ0v) is 10.8. The van der Waals surface area contributed by atoms with Crippen LogP contribution in [-0.2, 0) is 4.79 Å². The van der Waals surface area contributed by atoms with E-state index in [0.29, 0.717) is 17.1 Å². The van der Waals surface area contributed by atoms with Gasteiger partial charge in [-0.1, -0.05) is 12.1 Å². The van der Waals surface area contributed by atoms with Crippen LogP contribution >= 0.6 is 0 Å². The lowest BCUT2D eigenvalue weighted by molar-refractivity contribution is -0.118. The molecule has 1 aliphatic heterocycles. The van der Waals surface area contributed by atoms with Crippen LogP contribution in [0.5, 0.6) is 11.5 Å². The number of ether oxygens (including phenoxy) is 2. The second-order valence-corrected chi connectivity index (χ2v) is 4.47. The molecule has 4 nitrogen and oxygen atoms in total. The summed E-state index contributed by atoms with van der Waals surface area (Å²) in [6.07, 6.45) is 1.85. The average molecular weight is 247 g/mol. The van der Waals surface area contributed by atoms with Crippen molar-refractivity contribution in [1.82, 2.24) is 5.32 Å². The number of carbonyl (C=O) groups excluding carboxylic acids is 1. The number of amides is 1. The second kappa shape index (κ2) is 5.12. The summed E-state index contributed by atoms with van der Waals surface area (Å²) in [6, 6.07) is 5.73. The lowest BCUT2D eigenvalue weighted by Gasteiger charge is -2.20. The van der Waals surface area contributed by atoms with Gasteiger partial charge in [0.2, 0.25) is 0 Å². The molecule has 1 aliphatic rings. The molecule has 1 amide bonds. The number of para-hydroxylation sites is 1. The first kappa shape index (κ1) is 12.5. The highest BCUT2D eigenvalue weighted by molar-refractivity contribution is 5.99. The number of rotatable bonds is 3. The van der Waals surface area contributed by atoms with Crippen LogP contribution in [0.3, 0.4) is 0 Å². The Morgan fingerprint density at radius 3 is 2.89 bits per heavy atom. The smallest absolute Gasteiger partial charge is 0.250 e. The van der Waals surface area contributed by atoms with Crippen LogP contribution in [0.4, 0.5) is 0 Å². The Bertz CT molecular complexity index is 492. The Kier molecular flexibility index (Phi) is 3.55. The van der Waals surface area contributed by atoms with Crippen molar-refractivity contribution < 1.29 is 14.3 Å². The van der Waals surface area contributed by atoms with E-state index in [4.69, 9.17) is 9.47 Å². The normalized spacial score (nSPS) is 13.4. The highest BCUT2D eigenvalue weighted by atomic mass is 16.5. The maximum Gasteiger partial charge on any atom is 0.250 e. The van der Waals surface area contributed by atoms with E-state index >= 15 is 0 Å². The van der Waals surface area contributed by atoms with E-state index in [-0.39, 0.29) is 18.6 Å². The van der Waals surface area contributed by atoms with E-state index in [2.05, 4.69) is 5.32 Å². The van der Waals surface area contributed by atoms with Gasteiger partial charge in [0.15, 0.2) is 11.5 Å². The Morgan fingerprint density at radius 2 is 2.22 bits per heavy atom. The van der Waals surface area contributed by atoms with Crippen molar-refractivity contribution in [3.8, 4) is 11.5 Å². The van der Waals surface area contributed by atoms with E-state index in [1.807, 2.05) is 38.1 Å². The van der Waals surface area contributed by atoms with Crippen molar-refractivity contribution in [2.45, 2.75) is 19.9 Å². The molecule has 0 atom stereocenters. The number of fused-ring (bicyclic) bond motifs is 1. The third kappa shape index (κ3) is 2.47. The minimum Gasteiger partial charge on any atom is -0.493 e. The van der Waals surface area contributed by atoms with Crippen molar-refractivity contribution in [3.63, 3.8) is 0 Å². The van der Waals surface area contributed by atoms with E-state index in [1.165, 1.54) is 0 Å². The zero-order chi connectivity index (χ0) is 13.1. The summed E-state index contributed by atoms with van der Waals surface area (Å²) in [7, 11) is 1.60. The molecular formula is C14H17NO3. The van der Waals surface area contributed by atoms with E-state index in [9.17, 15) is 4.79 Å². The molecule has 0 unspecified atom stereocenters. The van der Waals surface area contributed by atoms with Gasteiger partial charge in [0.1, 0.15) is 6.61 Å². The van der Waals surface area contributed by atoms with Gasteiger partial charge < -0.3 is 14.8 Å². The molecule has 0 bridgehead atoms. The Hall–Kier alpha value is -1.97. The van der Waals surface area contributed by atoms with Gasteiger partial charge >= 0.3 is 0 Å². The van der Waals surface area contributed by atoms with E-state index in [1.54, 1.807) is 7.11 Å². The monoisotopic (exact) mass is 247 g/mol. The van der Waals surface area contributed by atoms with Crippen LogP contribution in [0.1, 0.15) is 19.4 Å². The molecule has 0 aromatic heterocycles. The first-order valence-corrected chi connectivity index (χ1v) is 5.93. The number of benzene rings is 1. The lowest BCUT2D eigenvalue weighted by atomic mass is 10.1. The van der Waals surface area contributed by atoms with Gasteiger partial charge in [-0.2, -0.15) is 0 Å². The second-order valence-electron chi connectivity index (χ2n) is 4.47. The molecule has 0 saturated heterocycles. The highest BCUT2D eigenvalue weighted by Gasteiger charge is 2.20. The Balaban J connectivity index is 2.28. The molecular weight excluding hydrogens is 230 g/mol. The van der Waals surface area contributed by atoms with Gasteiger partial charge in [-0.3, -0.25) is 4.79 Å². The van der Waals surface area contributed by atoms with Crippen LogP contribution < -0.4 is 14.8 Å². The number of nitrogens with one attached hydrogen (secondary N) is 1. The highest BCUT2D eigenvalue weighted by Crippen LogP contribution is 2.35. The lowest BCUT2D eigenvalue weighted by Crippen LogP contribution is -2.33. The molecule has 0 aliphatic carbocycles. The summed E-state index contributed by atoms with van der Waals surface area (Å²) >= 11 is 0. The zero-order valence-electron chi connectivity index (χ0n) is 10.8. The number of hydrogen-bond donors (Lipinski definition) is 1. The van der Waals surface area contributed by atoms with Crippen LogP contribution in [0.15, 0.2) is 23.8 Å². The predicted molar refractivity (Wildman–Crippen MR) is 69.7 cm³/mol. The summed E-state index contributed by atoms with van der Waals surface area (Å²) < 4.78 is 10.8. The van der Waals surface area contributed by atoms with Crippen LogP contribution in [-0.4, -0.2) is 25.7 Å². The fourth-order valence-corrected chi connectivity index (χ4v) is 1.83. The molecule has 4 heteroatoms. The standard InChI is InChI=1S/C14H17NO3/c1-9(2)15-14(16)11-7-10-5-4-6-12(17-3)13(10)18-8-11/h4-7,9H,8H2,1-3H3,(H,15,16). The maximum atomic E-state index is 11.9. The number of hydrogen-bond acceptors (Lipinski definition) is 3. The molecule has 2 rings (SSSR count). The number of methoxy groups -OCH3 is 1. The van der Waals surface area contributed by atoms with Crippen molar-refractivity contribution in [2.75, 3.05) is 13.7 Å². The average Bonchev–Trinajstić information content (AvgIpc) is 2.36. The molecule has 0 radical (unpaired) electrons. The molecule has 0 fully saturated rings. The molecule has 1 N–H and O–H groups in total. The van der Waals surface area contributed by atoms with Gasteiger partial charge in [0.25, 0.3) is 5.91 Å². The first-order valence-electron chi connectivity index (χ1n) is 5.93. The van der Waals surface area contributed by atoms with Gasteiger partial charge in [-0.05, 0) is 26.0 Å². The molecule has 18 heavy (non-hydrogen) atoms. The molecule has 1 aromatic rings. The van der Waals surface area contributed by atoms with Crippen LogP contribution in [0, 0.1) is 0 Å². The van der Waals surface area contributed by atoms with Crippen molar-refractivity contribution >= 4 is 12.0 Å². The van der Waals surface area contributed by atoms with Gasteiger partial charge in [0.05, 0.1) is 12.7 Å². The third-order valence-electron chi connectivity index (χ3n) is 2.64. The molecule has 0 spiro atoms. The topological polar surface area (TPSA) is 47.6 Å². The minimum absolute atomic E-state index is 0.0848. The fourth-order valence-electron chi connectivity index (χ4n) is 1.83. The summed E-state index contributed by atoms with van der Waals surface area (Å²) in [6.45, 7) is 4.13. The van der Waals surface area contributed by atoms with Crippen LogP contribution in [0.2, 0.25) is 0 Å². The third-order valence-corrected chi connectivity index (χ3v) is 2.64. The van der Waals surface area contributed by atoms with Gasteiger partial charge in [0, 0.05) is 11.6 Å². The summed E-state index contributed by atoms with van der Waals surface area (Å²) in [5.74, 6) is 1.30. The largest absolute Gasteiger partial charge is 0.493 e. The molecule has 1 heterocycles. The summed E-state index contributed by atoms with van der Waals surface area (Å²) in [5, 5.41) is 2.85. The SMILES string of the molecule is COc1cccc2c1OCC(C(=O)NC(C)C)=C2. The van der Waals surface area contributed by atoms with Gasteiger partial charge in [-0.15, -0.1) is 0 Å². The Morgan fingerprint density at radius 1 is 1.44 bits per heavy atom. The van der Waals surface area contributed by atoms with E-state index < -0.39 is 0 Å². The fraction of sp³-hybridized carbons (Fsp3) is 0.357. The molecule has 1 aromatic carbocycles. The minimum atomic E-state index is -0.0848. The Labute approximate surface area is 107 Å². The van der Waals surface area contributed by atoms with Crippen molar-refractivity contribution in [2.24, 2.45) is 0 Å². The number of carbonyl (C=O) groups is 1. The van der Waals surface area contributed by atoms with Gasteiger partial charge in [-0.25, -0.2) is 0 Å². The summed E-state index contributed by atoms with van der Waals surface area (Å²) in [5.41, 5.74) is 1.50. The van der Waals surface area contributed by atoms with Crippen LogP contribution in [0.25, 0.3) is 6.08 Å². The first-order chi connectivity index (χ1) is 8.61. The quantitative estimate of drug-likeness (QED) is 0.888. The molecule has 96 valence electrons. The molecule has 0 saturated carbocycles. The van der Waals surface area contributed by atoms with Crippen molar-refractivity contribution in [3.05, 3.63) is 29.3 Å². The predicted octanol–water partition coefficient (Wildman–Crippen LogP) is 2.00. The van der Waals surface area contributed by atoms with E-state index in [0.717, 1.165) is 5.56 Å². The summed E-state index contributed by atoms with van der Waals surface area (Å²) in [4.78, 5) is 11.9. The van der Waals surface area contributed by atoms with Crippen molar-refractivity contribution in [1.29, 1.82) is 0 Å². The maximum absolute atomic E-state index is 11.9.